The van der Waals surface area contributed by atoms with E-state index in [0.29, 0.717) is 23.4 Å². The quantitative estimate of drug-likeness (QED) is 0.926. The molecule has 1 aromatic heterocycles. The average Bonchev–Trinajstić information content (AvgIpc) is 2.85. The largest absolute Gasteiger partial charge is 0.478 e. The van der Waals surface area contributed by atoms with Crippen LogP contribution in [-0.2, 0) is 10.2 Å². The van der Waals surface area contributed by atoms with Crippen molar-refractivity contribution in [3.8, 4) is 5.69 Å². The number of carboxylic acids is 1. The molecule has 0 bridgehead atoms. The highest BCUT2D eigenvalue weighted by atomic mass is 79.9. The third-order valence-corrected chi connectivity index (χ3v) is 3.80. The minimum atomic E-state index is -0.979. The molecule has 0 radical (unpaired) electrons. The lowest BCUT2D eigenvalue weighted by molar-refractivity contribution is -0.0521. The van der Waals surface area contributed by atoms with E-state index in [4.69, 9.17) is 9.84 Å². The highest BCUT2D eigenvalue weighted by Crippen LogP contribution is 2.30. The van der Waals surface area contributed by atoms with Gasteiger partial charge in [0, 0.05) is 4.47 Å². The third kappa shape index (κ3) is 2.23. The van der Waals surface area contributed by atoms with Crippen molar-refractivity contribution in [2.45, 2.75) is 12.3 Å². The lowest BCUT2D eigenvalue weighted by atomic mass is 9.85. The zero-order valence-electron chi connectivity index (χ0n) is 10.7. The first-order valence-corrected chi connectivity index (χ1v) is 6.82. The maximum atomic E-state index is 11.1. The molecule has 1 saturated heterocycles. The first-order valence-electron chi connectivity index (χ1n) is 6.03. The molecule has 0 spiro atoms. The molecule has 20 heavy (non-hydrogen) atoms. The summed E-state index contributed by atoms with van der Waals surface area (Å²) < 4.78 is 7.48. The fourth-order valence-electron chi connectivity index (χ4n) is 2.05. The van der Waals surface area contributed by atoms with Crippen molar-refractivity contribution < 1.29 is 14.6 Å². The van der Waals surface area contributed by atoms with E-state index < -0.39 is 5.97 Å². The number of carbonyl (C=O) groups is 1. The van der Waals surface area contributed by atoms with E-state index in [1.54, 1.807) is 22.9 Å². The first-order chi connectivity index (χ1) is 9.48. The molecular formula is C13H12BrN3O3. The number of aromatic carboxylic acids is 1. The molecule has 0 amide bonds. The molecule has 104 valence electrons. The minimum absolute atomic E-state index is 0.0973. The molecule has 6 nitrogen and oxygen atoms in total. The highest BCUT2D eigenvalue weighted by molar-refractivity contribution is 9.10. The van der Waals surface area contributed by atoms with Gasteiger partial charge in [0.2, 0.25) is 0 Å². The van der Waals surface area contributed by atoms with E-state index in [1.807, 2.05) is 6.20 Å². The van der Waals surface area contributed by atoms with Crippen molar-refractivity contribution in [2.24, 2.45) is 0 Å². The lowest BCUT2D eigenvalue weighted by Crippen LogP contribution is -2.44. The van der Waals surface area contributed by atoms with Gasteiger partial charge < -0.3 is 9.84 Å². The van der Waals surface area contributed by atoms with Crippen LogP contribution in [0.3, 0.4) is 0 Å². The highest BCUT2D eigenvalue weighted by Gasteiger charge is 2.38. The van der Waals surface area contributed by atoms with Gasteiger partial charge in [-0.25, -0.2) is 9.48 Å². The Morgan fingerprint density at radius 3 is 2.80 bits per heavy atom. The molecule has 1 aromatic carbocycles. The second-order valence-corrected chi connectivity index (χ2v) is 6.02. The predicted molar refractivity (Wildman–Crippen MR) is 74.2 cm³/mol. The Morgan fingerprint density at radius 2 is 2.20 bits per heavy atom. The lowest BCUT2D eigenvalue weighted by Gasteiger charge is -2.35. The second-order valence-electron chi connectivity index (χ2n) is 5.11. The number of aromatic nitrogens is 3. The molecule has 1 fully saturated rings. The van der Waals surface area contributed by atoms with Gasteiger partial charge in [0.05, 0.1) is 41.8 Å². The Hall–Kier alpha value is -1.73. The summed E-state index contributed by atoms with van der Waals surface area (Å²) in [5.41, 5.74) is 1.60. The van der Waals surface area contributed by atoms with Crippen LogP contribution in [0, 0.1) is 0 Å². The van der Waals surface area contributed by atoms with Crippen molar-refractivity contribution in [3.05, 3.63) is 40.1 Å². The Morgan fingerprint density at radius 1 is 1.45 bits per heavy atom. The van der Waals surface area contributed by atoms with Crippen LogP contribution in [0.5, 0.6) is 0 Å². The SMILES string of the molecule is CC1(c2cn(-c3cc(Br)cc(C(=O)O)c3)nn2)COC1. The van der Waals surface area contributed by atoms with E-state index >= 15 is 0 Å². The number of carboxylic acid groups (broad SMARTS) is 1. The van der Waals surface area contributed by atoms with E-state index in [9.17, 15) is 4.79 Å². The van der Waals surface area contributed by atoms with Gasteiger partial charge in [-0.3, -0.25) is 0 Å². The van der Waals surface area contributed by atoms with Crippen LogP contribution in [0.25, 0.3) is 5.69 Å². The van der Waals surface area contributed by atoms with Crippen LogP contribution >= 0.6 is 15.9 Å². The zero-order chi connectivity index (χ0) is 14.3. The predicted octanol–water partition coefficient (Wildman–Crippen LogP) is 2.02. The standard InChI is InChI=1S/C13H12BrN3O3/c1-13(6-20-7-13)11-5-17(16-15-11)10-3-8(12(18)19)2-9(14)4-10/h2-5H,6-7H2,1H3,(H,18,19). The van der Waals surface area contributed by atoms with E-state index in [0.717, 1.165) is 5.69 Å². The van der Waals surface area contributed by atoms with Crippen LogP contribution in [0.4, 0.5) is 0 Å². The van der Waals surface area contributed by atoms with E-state index in [2.05, 4.69) is 33.2 Å². The van der Waals surface area contributed by atoms with Gasteiger partial charge in [-0.15, -0.1) is 5.10 Å². The topological polar surface area (TPSA) is 77.2 Å². The van der Waals surface area contributed by atoms with Crippen LogP contribution in [-0.4, -0.2) is 39.3 Å². The monoisotopic (exact) mass is 337 g/mol. The number of benzene rings is 1. The number of hydrogen-bond acceptors (Lipinski definition) is 4. The van der Waals surface area contributed by atoms with Gasteiger partial charge in [0.25, 0.3) is 0 Å². The molecule has 1 aliphatic rings. The molecule has 3 rings (SSSR count). The summed E-state index contributed by atoms with van der Waals surface area (Å²) in [5.74, 6) is -0.979. The molecule has 0 unspecified atom stereocenters. The van der Waals surface area contributed by atoms with Crippen LogP contribution < -0.4 is 0 Å². The summed E-state index contributed by atoms with van der Waals surface area (Å²) in [6, 6.07) is 4.90. The normalized spacial score (nSPS) is 16.7. The molecule has 2 heterocycles. The number of halogens is 1. The average molecular weight is 338 g/mol. The Bertz CT molecular complexity index is 679. The number of hydrogen-bond donors (Lipinski definition) is 1. The summed E-state index contributed by atoms with van der Waals surface area (Å²) in [4.78, 5) is 11.1. The molecule has 2 aromatic rings. The van der Waals surface area contributed by atoms with Crippen molar-refractivity contribution in [3.63, 3.8) is 0 Å². The van der Waals surface area contributed by atoms with Gasteiger partial charge in [0.15, 0.2) is 0 Å². The fourth-order valence-corrected chi connectivity index (χ4v) is 2.53. The van der Waals surface area contributed by atoms with Crippen molar-refractivity contribution in [2.75, 3.05) is 13.2 Å². The van der Waals surface area contributed by atoms with Crippen molar-refractivity contribution in [1.82, 2.24) is 15.0 Å². The Labute approximate surface area is 123 Å². The second kappa shape index (κ2) is 4.68. The third-order valence-electron chi connectivity index (χ3n) is 3.35. The molecular weight excluding hydrogens is 326 g/mol. The summed E-state index contributed by atoms with van der Waals surface area (Å²) in [6.45, 7) is 3.32. The molecule has 0 saturated carbocycles. The van der Waals surface area contributed by atoms with Gasteiger partial charge in [-0.2, -0.15) is 0 Å². The van der Waals surface area contributed by atoms with Gasteiger partial charge in [-0.1, -0.05) is 21.1 Å². The molecule has 0 aliphatic carbocycles. The Balaban J connectivity index is 1.99. The molecule has 0 atom stereocenters. The van der Waals surface area contributed by atoms with Gasteiger partial charge >= 0.3 is 5.97 Å². The first kappa shape index (κ1) is 13.3. The summed E-state index contributed by atoms with van der Waals surface area (Å²) in [5, 5.41) is 17.3. The van der Waals surface area contributed by atoms with Gasteiger partial charge in [0.1, 0.15) is 0 Å². The number of nitrogens with zero attached hydrogens (tertiary/aromatic N) is 3. The molecule has 1 N–H and O–H groups in total. The smallest absolute Gasteiger partial charge is 0.335 e. The van der Waals surface area contributed by atoms with Gasteiger partial charge in [-0.05, 0) is 25.1 Å². The zero-order valence-corrected chi connectivity index (χ0v) is 12.3. The molecule has 7 heteroatoms. The van der Waals surface area contributed by atoms with E-state index in [-0.39, 0.29) is 11.0 Å². The Kier molecular flexibility index (Phi) is 3.10. The number of ether oxygens (including phenoxy) is 1. The van der Waals surface area contributed by atoms with Crippen LogP contribution in [0.15, 0.2) is 28.9 Å². The van der Waals surface area contributed by atoms with E-state index in [1.165, 1.54) is 0 Å². The summed E-state index contributed by atoms with van der Waals surface area (Å²) >= 11 is 3.30. The van der Waals surface area contributed by atoms with Crippen molar-refractivity contribution in [1.29, 1.82) is 0 Å². The van der Waals surface area contributed by atoms with Crippen molar-refractivity contribution >= 4 is 21.9 Å². The van der Waals surface area contributed by atoms with Crippen LogP contribution in [0.1, 0.15) is 23.0 Å². The maximum Gasteiger partial charge on any atom is 0.335 e. The maximum absolute atomic E-state index is 11.1. The van der Waals surface area contributed by atoms with Crippen LogP contribution in [0.2, 0.25) is 0 Å². The summed E-state index contributed by atoms with van der Waals surface area (Å²) in [7, 11) is 0. The molecule has 1 aliphatic heterocycles. The minimum Gasteiger partial charge on any atom is -0.478 e. The number of rotatable bonds is 3. The fraction of sp³-hybridized carbons (Fsp3) is 0.308. The summed E-state index contributed by atoms with van der Waals surface area (Å²) in [6.07, 6.45) is 1.82.